The number of carbonyl (C=O) groups is 1. The van der Waals surface area contributed by atoms with E-state index in [4.69, 9.17) is 11.6 Å². The number of benzene rings is 1. The Morgan fingerprint density at radius 3 is 2.50 bits per heavy atom. The third kappa shape index (κ3) is 2.96. The van der Waals surface area contributed by atoms with Gasteiger partial charge in [-0.1, -0.05) is 30.7 Å². The van der Waals surface area contributed by atoms with Gasteiger partial charge in [0.25, 0.3) is 0 Å². The maximum absolute atomic E-state index is 11.8. The zero-order valence-electron chi connectivity index (χ0n) is 10.7. The number of halogens is 1. The van der Waals surface area contributed by atoms with E-state index < -0.39 is 0 Å². The molecule has 0 aliphatic carbocycles. The van der Waals surface area contributed by atoms with Gasteiger partial charge in [0.15, 0.2) is 0 Å². The maximum atomic E-state index is 11.8. The summed E-state index contributed by atoms with van der Waals surface area (Å²) in [5, 5.41) is 0.783. The SMILES string of the molecule is CCCC(=O)N1CCN(c2ccccc2Cl)CC1. The van der Waals surface area contributed by atoms with Crippen molar-refractivity contribution in [1.29, 1.82) is 0 Å². The molecule has 98 valence electrons. The first-order valence-electron chi connectivity index (χ1n) is 6.49. The van der Waals surface area contributed by atoms with Gasteiger partial charge in [0.05, 0.1) is 10.7 Å². The molecule has 1 aromatic carbocycles. The summed E-state index contributed by atoms with van der Waals surface area (Å²) in [5.41, 5.74) is 1.07. The van der Waals surface area contributed by atoms with Crippen LogP contribution in [0.2, 0.25) is 5.02 Å². The van der Waals surface area contributed by atoms with Gasteiger partial charge in [-0.15, -0.1) is 0 Å². The Bertz CT molecular complexity index is 414. The molecular weight excluding hydrogens is 248 g/mol. The van der Waals surface area contributed by atoms with Gasteiger partial charge in [-0.2, -0.15) is 0 Å². The molecule has 1 heterocycles. The van der Waals surface area contributed by atoms with E-state index in [1.807, 2.05) is 36.1 Å². The molecule has 0 unspecified atom stereocenters. The number of para-hydroxylation sites is 1. The Balaban J connectivity index is 1.95. The number of amides is 1. The highest BCUT2D eigenvalue weighted by Crippen LogP contribution is 2.26. The minimum Gasteiger partial charge on any atom is -0.367 e. The average Bonchev–Trinajstić information content (AvgIpc) is 2.40. The highest BCUT2D eigenvalue weighted by Gasteiger charge is 2.21. The molecule has 0 N–H and O–H groups in total. The summed E-state index contributed by atoms with van der Waals surface area (Å²) in [4.78, 5) is 16.0. The normalized spacial score (nSPS) is 15.9. The van der Waals surface area contributed by atoms with Crippen LogP contribution in [-0.4, -0.2) is 37.0 Å². The lowest BCUT2D eigenvalue weighted by Crippen LogP contribution is -2.48. The highest BCUT2D eigenvalue weighted by atomic mass is 35.5. The van der Waals surface area contributed by atoms with Gasteiger partial charge in [-0.3, -0.25) is 4.79 Å². The van der Waals surface area contributed by atoms with Gasteiger partial charge in [-0.05, 0) is 18.6 Å². The zero-order chi connectivity index (χ0) is 13.0. The predicted molar refractivity (Wildman–Crippen MR) is 75.2 cm³/mol. The lowest BCUT2D eigenvalue weighted by Gasteiger charge is -2.36. The van der Waals surface area contributed by atoms with Crippen LogP contribution in [0.1, 0.15) is 19.8 Å². The summed E-state index contributed by atoms with van der Waals surface area (Å²) in [7, 11) is 0. The molecule has 1 aromatic rings. The van der Waals surface area contributed by atoms with Gasteiger partial charge in [-0.25, -0.2) is 0 Å². The number of carbonyl (C=O) groups excluding carboxylic acids is 1. The van der Waals surface area contributed by atoms with Crippen LogP contribution in [0.3, 0.4) is 0 Å². The van der Waals surface area contributed by atoms with Gasteiger partial charge in [0, 0.05) is 32.6 Å². The van der Waals surface area contributed by atoms with Crippen LogP contribution in [0.15, 0.2) is 24.3 Å². The first-order valence-corrected chi connectivity index (χ1v) is 6.87. The smallest absolute Gasteiger partial charge is 0.222 e. The first kappa shape index (κ1) is 13.2. The molecule has 2 rings (SSSR count). The summed E-state index contributed by atoms with van der Waals surface area (Å²) < 4.78 is 0. The van der Waals surface area contributed by atoms with Gasteiger partial charge in [0.1, 0.15) is 0 Å². The molecule has 0 bridgehead atoms. The van der Waals surface area contributed by atoms with Gasteiger partial charge < -0.3 is 9.80 Å². The molecule has 4 heteroatoms. The topological polar surface area (TPSA) is 23.6 Å². The highest BCUT2D eigenvalue weighted by molar-refractivity contribution is 6.33. The second-order valence-electron chi connectivity index (χ2n) is 4.57. The standard InChI is InChI=1S/C14H19ClN2O/c1-2-5-14(18)17-10-8-16(9-11-17)13-7-4-3-6-12(13)15/h3-4,6-7H,2,5,8-11H2,1H3. The molecule has 0 radical (unpaired) electrons. The molecular formula is C14H19ClN2O. The molecule has 18 heavy (non-hydrogen) atoms. The summed E-state index contributed by atoms with van der Waals surface area (Å²) in [6, 6.07) is 7.88. The second kappa shape index (κ2) is 6.10. The second-order valence-corrected chi connectivity index (χ2v) is 4.98. The monoisotopic (exact) mass is 266 g/mol. The molecule has 1 saturated heterocycles. The minimum absolute atomic E-state index is 0.274. The molecule has 0 aromatic heterocycles. The fourth-order valence-corrected chi connectivity index (χ4v) is 2.53. The van der Waals surface area contributed by atoms with Crippen molar-refractivity contribution in [3.05, 3.63) is 29.3 Å². The van der Waals surface area contributed by atoms with Crippen LogP contribution in [0.4, 0.5) is 5.69 Å². The number of anilines is 1. The summed E-state index contributed by atoms with van der Waals surface area (Å²) >= 11 is 6.18. The molecule has 1 aliphatic heterocycles. The molecule has 1 fully saturated rings. The average molecular weight is 267 g/mol. The zero-order valence-corrected chi connectivity index (χ0v) is 11.5. The molecule has 0 saturated carbocycles. The Hall–Kier alpha value is -1.22. The Labute approximate surface area is 113 Å². The molecule has 1 aliphatic rings. The number of hydrogen-bond donors (Lipinski definition) is 0. The van der Waals surface area contributed by atoms with Crippen molar-refractivity contribution in [3.63, 3.8) is 0 Å². The van der Waals surface area contributed by atoms with Crippen LogP contribution in [-0.2, 0) is 4.79 Å². The van der Waals surface area contributed by atoms with Gasteiger partial charge in [0.2, 0.25) is 5.91 Å². The van der Waals surface area contributed by atoms with Crippen molar-refractivity contribution in [2.24, 2.45) is 0 Å². The number of hydrogen-bond acceptors (Lipinski definition) is 2. The number of rotatable bonds is 3. The Morgan fingerprint density at radius 2 is 1.89 bits per heavy atom. The third-order valence-corrected chi connectivity index (χ3v) is 3.61. The van der Waals surface area contributed by atoms with Gasteiger partial charge >= 0.3 is 0 Å². The lowest BCUT2D eigenvalue weighted by atomic mass is 10.2. The van der Waals surface area contributed by atoms with Crippen molar-refractivity contribution in [3.8, 4) is 0 Å². The Morgan fingerprint density at radius 1 is 1.22 bits per heavy atom. The fraction of sp³-hybridized carbons (Fsp3) is 0.500. The van der Waals surface area contributed by atoms with E-state index in [0.717, 1.165) is 43.3 Å². The van der Waals surface area contributed by atoms with Crippen LogP contribution < -0.4 is 4.90 Å². The van der Waals surface area contributed by atoms with Crippen LogP contribution in [0.5, 0.6) is 0 Å². The number of nitrogens with zero attached hydrogens (tertiary/aromatic N) is 2. The maximum Gasteiger partial charge on any atom is 0.222 e. The summed E-state index contributed by atoms with van der Waals surface area (Å²) in [5.74, 6) is 0.274. The minimum atomic E-state index is 0.274. The van der Waals surface area contributed by atoms with Crippen LogP contribution in [0.25, 0.3) is 0 Å². The molecule has 1 amide bonds. The van der Waals surface area contributed by atoms with E-state index in [1.54, 1.807) is 0 Å². The van der Waals surface area contributed by atoms with Crippen LogP contribution >= 0.6 is 11.6 Å². The summed E-state index contributed by atoms with van der Waals surface area (Å²) in [6.45, 7) is 5.35. The predicted octanol–water partition coefficient (Wildman–Crippen LogP) is 2.79. The van der Waals surface area contributed by atoms with Crippen molar-refractivity contribution >= 4 is 23.2 Å². The quantitative estimate of drug-likeness (QED) is 0.840. The summed E-state index contributed by atoms with van der Waals surface area (Å²) in [6.07, 6.45) is 1.58. The van der Waals surface area contributed by atoms with E-state index in [-0.39, 0.29) is 5.91 Å². The van der Waals surface area contributed by atoms with Crippen molar-refractivity contribution in [2.45, 2.75) is 19.8 Å². The fourth-order valence-electron chi connectivity index (χ4n) is 2.28. The van der Waals surface area contributed by atoms with Crippen molar-refractivity contribution < 1.29 is 4.79 Å². The van der Waals surface area contributed by atoms with Crippen molar-refractivity contribution in [2.75, 3.05) is 31.1 Å². The van der Waals surface area contributed by atoms with E-state index >= 15 is 0 Å². The van der Waals surface area contributed by atoms with E-state index in [0.29, 0.717) is 6.42 Å². The van der Waals surface area contributed by atoms with Crippen molar-refractivity contribution in [1.82, 2.24) is 4.90 Å². The largest absolute Gasteiger partial charge is 0.367 e. The lowest BCUT2D eigenvalue weighted by molar-refractivity contribution is -0.131. The third-order valence-electron chi connectivity index (χ3n) is 3.29. The molecule has 0 atom stereocenters. The first-order chi connectivity index (χ1) is 8.72. The number of piperazine rings is 1. The van der Waals surface area contributed by atoms with E-state index in [9.17, 15) is 4.79 Å². The van der Waals surface area contributed by atoms with Crippen LogP contribution in [0, 0.1) is 0 Å². The van der Waals surface area contributed by atoms with E-state index in [1.165, 1.54) is 0 Å². The molecule has 3 nitrogen and oxygen atoms in total. The Kier molecular flexibility index (Phi) is 4.48. The molecule has 0 spiro atoms. The van der Waals surface area contributed by atoms with E-state index in [2.05, 4.69) is 4.90 Å².